The van der Waals surface area contributed by atoms with Gasteiger partial charge in [0.25, 0.3) is 22.7 Å². The van der Waals surface area contributed by atoms with Crippen LogP contribution in [0.5, 0.6) is 0 Å². The lowest BCUT2D eigenvalue weighted by Crippen LogP contribution is -2.42. The van der Waals surface area contributed by atoms with Gasteiger partial charge in [-0.1, -0.05) is 18.2 Å². The van der Waals surface area contributed by atoms with Gasteiger partial charge in [-0.2, -0.15) is 0 Å². The summed E-state index contributed by atoms with van der Waals surface area (Å²) in [6, 6.07) is 9.98. The summed E-state index contributed by atoms with van der Waals surface area (Å²) < 4.78 is 0. The first-order valence-electron chi connectivity index (χ1n) is 13.9. The number of carboxylic acid groups (broad SMARTS) is 1. The molecule has 0 bridgehead atoms. The van der Waals surface area contributed by atoms with Crippen LogP contribution >= 0.6 is 0 Å². The number of carboxylic acids is 1. The zero-order chi connectivity index (χ0) is 30.4. The molecule has 4 aromatic rings. The number of hydrogen-bond acceptors (Lipinski definition) is 9. The number of nitrogens with two attached hydrogens (primary N) is 1. The quantitative estimate of drug-likeness (QED) is 0.236. The molecule has 6 rings (SSSR count). The van der Waals surface area contributed by atoms with Crippen LogP contribution in [-0.4, -0.2) is 39.4 Å². The number of nitrogen functional groups attached to an aromatic ring is 1. The van der Waals surface area contributed by atoms with Crippen LogP contribution in [0.2, 0.25) is 0 Å². The Morgan fingerprint density at radius 1 is 1.02 bits per heavy atom. The van der Waals surface area contributed by atoms with Crippen molar-refractivity contribution in [2.75, 3.05) is 17.2 Å². The zero-order valence-corrected chi connectivity index (χ0v) is 23.3. The van der Waals surface area contributed by atoms with E-state index in [4.69, 9.17) is 5.73 Å². The number of carbonyl (C=O) groups excluding carboxylic acids is 2. The Labute approximate surface area is 245 Å². The monoisotopic (exact) mass is 580 g/mol. The molecule has 0 saturated heterocycles. The molecule has 1 aromatic heterocycles. The minimum atomic E-state index is -0.987. The maximum absolute atomic E-state index is 13.1. The zero-order valence-electron chi connectivity index (χ0n) is 23.3. The van der Waals surface area contributed by atoms with Gasteiger partial charge >= 0.3 is 5.97 Å². The van der Waals surface area contributed by atoms with Gasteiger partial charge in [-0.15, -0.1) is 0 Å². The van der Waals surface area contributed by atoms with Gasteiger partial charge in [-0.3, -0.25) is 19.2 Å². The second-order valence-corrected chi connectivity index (χ2v) is 10.8. The van der Waals surface area contributed by atoms with Crippen LogP contribution in [0, 0.1) is 6.92 Å². The number of benzene rings is 2. The summed E-state index contributed by atoms with van der Waals surface area (Å²) in [4.78, 5) is 71.2. The number of nitrogens with zero attached hydrogens (tertiary/aromatic N) is 3. The Hall–Kier alpha value is -5.39. The largest absolute Gasteiger partial charge is 0.478 e. The SMILES string of the molecule is Cc1c(C(=O)O)ccc2c1CC[C@@H]2NC(=O)c1cc(C(=O)NCc2ccc3c(c2)N(c2c(N)c(=O)c2=O)CCC3)ncn1. The number of aromatic carboxylic acids is 1. The summed E-state index contributed by atoms with van der Waals surface area (Å²) >= 11 is 0. The van der Waals surface area contributed by atoms with Crippen molar-refractivity contribution in [1.29, 1.82) is 0 Å². The molecule has 12 nitrogen and oxygen atoms in total. The predicted molar refractivity (Wildman–Crippen MR) is 157 cm³/mol. The molecule has 218 valence electrons. The molecule has 2 heterocycles. The van der Waals surface area contributed by atoms with Crippen LogP contribution < -0.4 is 32.1 Å². The highest BCUT2D eigenvalue weighted by molar-refractivity contribution is 5.97. The maximum Gasteiger partial charge on any atom is 0.335 e. The lowest BCUT2D eigenvalue weighted by atomic mass is 9.97. The molecule has 0 fully saturated rings. The first-order valence-corrected chi connectivity index (χ1v) is 13.9. The standard InChI is InChI=1S/C31H28N6O6/c1-15-18-8-9-21(20(18)7-6-19(15)31(42)43)36-30(41)23-12-22(34-14-35-23)29(40)33-13-16-4-5-17-3-2-10-37(24(17)11-16)26-25(32)27(38)28(26)39/h4-7,11-12,14,21H,2-3,8-10,13,32H2,1H3,(H,33,40)(H,36,41)(H,42,43)/t21-/m0/s1. The van der Waals surface area contributed by atoms with Crippen LogP contribution in [0.15, 0.2) is 52.3 Å². The van der Waals surface area contributed by atoms with Gasteiger partial charge in [0.15, 0.2) is 0 Å². The number of fused-ring (bicyclic) bond motifs is 2. The van der Waals surface area contributed by atoms with Gasteiger partial charge < -0.3 is 26.4 Å². The molecule has 1 aliphatic carbocycles. The molecule has 2 aliphatic rings. The normalized spacial score (nSPS) is 15.6. The lowest BCUT2D eigenvalue weighted by molar-refractivity contribution is 0.0695. The summed E-state index contributed by atoms with van der Waals surface area (Å²) in [6.45, 7) is 2.48. The second-order valence-electron chi connectivity index (χ2n) is 10.8. The molecule has 0 saturated carbocycles. The molecule has 1 aliphatic heterocycles. The van der Waals surface area contributed by atoms with E-state index in [1.807, 2.05) is 18.2 Å². The van der Waals surface area contributed by atoms with Gasteiger partial charge in [0.05, 0.1) is 11.6 Å². The van der Waals surface area contributed by atoms with Crippen molar-refractivity contribution in [2.45, 2.75) is 45.2 Å². The summed E-state index contributed by atoms with van der Waals surface area (Å²) in [6.07, 6.45) is 4.04. The van der Waals surface area contributed by atoms with Crippen molar-refractivity contribution in [1.82, 2.24) is 20.6 Å². The molecular weight excluding hydrogens is 552 g/mol. The van der Waals surface area contributed by atoms with E-state index in [2.05, 4.69) is 20.6 Å². The smallest absolute Gasteiger partial charge is 0.335 e. The van der Waals surface area contributed by atoms with Crippen LogP contribution in [0.25, 0.3) is 0 Å². The molecule has 0 unspecified atom stereocenters. The molecule has 3 aromatic carbocycles. The van der Waals surface area contributed by atoms with E-state index in [0.29, 0.717) is 24.9 Å². The third-order valence-corrected chi connectivity index (χ3v) is 8.27. The highest BCUT2D eigenvalue weighted by atomic mass is 16.4. The first-order chi connectivity index (χ1) is 20.6. The van der Waals surface area contributed by atoms with Gasteiger partial charge in [0.2, 0.25) is 0 Å². The number of carbonyl (C=O) groups is 3. The summed E-state index contributed by atoms with van der Waals surface area (Å²) in [5, 5.41) is 15.1. The van der Waals surface area contributed by atoms with Crippen molar-refractivity contribution in [2.24, 2.45) is 0 Å². The average molecular weight is 581 g/mol. The minimum absolute atomic E-state index is 0.0185. The third kappa shape index (κ3) is 4.90. The molecule has 5 N–H and O–H groups in total. The van der Waals surface area contributed by atoms with E-state index < -0.39 is 28.6 Å². The Balaban J connectivity index is 1.13. The van der Waals surface area contributed by atoms with E-state index >= 15 is 0 Å². The number of anilines is 3. The molecule has 1 atom stereocenters. The number of amides is 2. The van der Waals surface area contributed by atoms with Crippen LogP contribution in [0.3, 0.4) is 0 Å². The number of rotatable bonds is 7. The van der Waals surface area contributed by atoms with E-state index in [1.54, 1.807) is 24.0 Å². The van der Waals surface area contributed by atoms with Crippen molar-refractivity contribution >= 4 is 34.8 Å². The first kappa shape index (κ1) is 27.8. The number of hydrogen-bond donors (Lipinski definition) is 4. The predicted octanol–water partition coefficient (Wildman–Crippen LogP) is 2.09. The molecule has 0 spiro atoms. The third-order valence-electron chi connectivity index (χ3n) is 8.27. The van der Waals surface area contributed by atoms with Gasteiger partial charge in [-0.25, -0.2) is 14.8 Å². The molecule has 43 heavy (non-hydrogen) atoms. The molecular formula is C31H28N6O6. The Bertz CT molecular complexity index is 1890. The van der Waals surface area contributed by atoms with Crippen molar-refractivity contribution < 1.29 is 19.5 Å². The minimum Gasteiger partial charge on any atom is -0.478 e. The van der Waals surface area contributed by atoms with Crippen molar-refractivity contribution in [3.05, 3.63) is 108 Å². The van der Waals surface area contributed by atoms with E-state index in [1.165, 1.54) is 6.07 Å². The maximum atomic E-state index is 13.1. The second kappa shape index (κ2) is 10.8. The van der Waals surface area contributed by atoms with Crippen LogP contribution in [0.1, 0.15) is 78.0 Å². The Morgan fingerprint density at radius 2 is 1.79 bits per heavy atom. The summed E-state index contributed by atoms with van der Waals surface area (Å²) in [5.41, 5.74) is 10.1. The van der Waals surface area contributed by atoms with Gasteiger partial charge in [-0.05, 0) is 72.6 Å². The van der Waals surface area contributed by atoms with Crippen molar-refractivity contribution in [3.8, 4) is 0 Å². The fraction of sp³-hybridized carbons (Fsp3) is 0.258. The summed E-state index contributed by atoms with van der Waals surface area (Å²) in [7, 11) is 0. The number of nitrogens with one attached hydrogen (secondary N) is 2. The fourth-order valence-corrected chi connectivity index (χ4v) is 6.00. The fourth-order valence-electron chi connectivity index (χ4n) is 6.00. The lowest BCUT2D eigenvalue weighted by Gasteiger charge is -2.32. The van der Waals surface area contributed by atoms with E-state index in [0.717, 1.165) is 47.1 Å². The summed E-state index contributed by atoms with van der Waals surface area (Å²) in [5.74, 6) is -1.96. The highest BCUT2D eigenvalue weighted by Gasteiger charge is 2.29. The van der Waals surface area contributed by atoms with E-state index in [-0.39, 0.29) is 40.9 Å². The molecule has 0 radical (unpaired) electrons. The average Bonchev–Trinajstić information content (AvgIpc) is 3.43. The number of aromatic nitrogens is 2. The highest BCUT2D eigenvalue weighted by Crippen LogP contribution is 2.36. The topological polar surface area (TPSA) is 185 Å². The van der Waals surface area contributed by atoms with Gasteiger partial charge in [0, 0.05) is 24.8 Å². The number of aryl methyl sites for hydroxylation is 1. The van der Waals surface area contributed by atoms with Crippen molar-refractivity contribution in [3.63, 3.8) is 0 Å². The Morgan fingerprint density at radius 3 is 2.53 bits per heavy atom. The molecule has 12 heteroatoms. The Kier molecular flexibility index (Phi) is 6.96. The van der Waals surface area contributed by atoms with Crippen LogP contribution in [-0.2, 0) is 19.4 Å². The van der Waals surface area contributed by atoms with Gasteiger partial charge in [0.1, 0.15) is 29.1 Å². The van der Waals surface area contributed by atoms with E-state index in [9.17, 15) is 29.1 Å². The van der Waals surface area contributed by atoms with Crippen LogP contribution in [0.4, 0.5) is 17.1 Å². The molecule has 2 amide bonds.